The summed E-state index contributed by atoms with van der Waals surface area (Å²) in [4.78, 5) is 4.42. The van der Waals surface area contributed by atoms with Gasteiger partial charge in [0.15, 0.2) is 0 Å². The van der Waals surface area contributed by atoms with Gasteiger partial charge in [0, 0.05) is 15.6 Å². The van der Waals surface area contributed by atoms with E-state index >= 15 is 0 Å². The Hall–Kier alpha value is -2.64. The molecule has 0 aliphatic heterocycles. The summed E-state index contributed by atoms with van der Waals surface area (Å²) in [6.45, 7) is 2.12. The Labute approximate surface area is 149 Å². The smallest absolute Gasteiger partial charge is 0.142 e. The van der Waals surface area contributed by atoms with Crippen LogP contribution >= 0.6 is 15.9 Å². The summed E-state index contributed by atoms with van der Waals surface area (Å²) in [6, 6.07) is 20.2. The summed E-state index contributed by atoms with van der Waals surface area (Å²) < 4.78 is 0.952. The average Bonchev–Trinajstić information content (AvgIpc) is 2.61. The van der Waals surface area contributed by atoms with Crippen LogP contribution < -0.4 is 5.73 Å². The molecule has 1 aromatic heterocycles. The lowest BCUT2D eigenvalue weighted by atomic mass is 9.98. The van der Waals surface area contributed by atoms with Gasteiger partial charge in [0.25, 0.3) is 0 Å². The Bertz CT molecular complexity index is 925. The van der Waals surface area contributed by atoms with E-state index in [-0.39, 0.29) is 5.82 Å². The summed E-state index contributed by atoms with van der Waals surface area (Å²) in [5.41, 5.74) is 11.2. The number of pyridine rings is 1. The molecule has 0 radical (unpaired) electrons. The Morgan fingerprint density at radius 1 is 1.08 bits per heavy atom. The quantitative estimate of drug-likeness (QED) is 0.682. The van der Waals surface area contributed by atoms with Gasteiger partial charge in [-0.3, -0.25) is 0 Å². The van der Waals surface area contributed by atoms with Crippen molar-refractivity contribution < 1.29 is 0 Å². The Morgan fingerprint density at radius 2 is 1.83 bits per heavy atom. The highest BCUT2D eigenvalue weighted by Gasteiger charge is 2.13. The van der Waals surface area contributed by atoms with Crippen molar-refractivity contribution in [3.63, 3.8) is 0 Å². The first-order chi connectivity index (χ1) is 11.6. The van der Waals surface area contributed by atoms with Gasteiger partial charge in [0.05, 0.1) is 5.69 Å². The van der Waals surface area contributed by atoms with Gasteiger partial charge in [-0.25, -0.2) is 4.98 Å². The maximum atomic E-state index is 9.48. The summed E-state index contributed by atoms with van der Waals surface area (Å²) >= 11 is 3.47. The molecule has 24 heavy (non-hydrogen) atoms. The van der Waals surface area contributed by atoms with E-state index in [4.69, 9.17) is 5.73 Å². The van der Waals surface area contributed by atoms with E-state index in [1.54, 1.807) is 0 Å². The standard InChI is InChI=1S/C20H16BrN3/c1-2-13-6-8-14(9-7-13)19-11-17(18(12-22)20(23)24-19)15-4-3-5-16(21)10-15/h3-11H,2H2,1H3,(H2,23,24). The number of halogens is 1. The van der Waals surface area contributed by atoms with Gasteiger partial charge in [-0.1, -0.05) is 59.3 Å². The number of anilines is 1. The molecular weight excluding hydrogens is 362 g/mol. The molecular formula is C20H16BrN3. The van der Waals surface area contributed by atoms with E-state index in [0.29, 0.717) is 5.56 Å². The molecule has 2 N–H and O–H groups in total. The third-order valence-electron chi connectivity index (χ3n) is 3.95. The fourth-order valence-electron chi connectivity index (χ4n) is 2.63. The van der Waals surface area contributed by atoms with Crippen LogP contribution in [0.15, 0.2) is 59.1 Å². The minimum atomic E-state index is 0.254. The first-order valence-corrected chi connectivity index (χ1v) is 8.47. The van der Waals surface area contributed by atoms with Crippen molar-refractivity contribution in [3.8, 4) is 28.5 Å². The highest BCUT2D eigenvalue weighted by Crippen LogP contribution is 2.32. The highest BCUT2D eigenvalue weighted by atomic mass is 79.9. The first-order valence-electron chi connectivity index (χ1n) is 7.68. The zero-order chi connectivity index (χ0) is 17.1. The van der Waals surface area contributed by atoms with E-state index in [1.807, 2.05) is 42.5 Å². The molecule has 0 fully saturated rings. The summed E-state index contributed by atoms with van der Waals surface area (Å²) in [6.07, 6.45) is 0.993. The van der Waals surface area contributed by atoms with E-state index in [0.717, 1.165) is 33.3 Å². The molecule has 0 saturated heterocycles. The molecule has 0 unspecified atom stereocenters. The molecule has 0 saturated carbocycles. The van der Waals surface area contributed by atoms with Gasteiger partial charge in [-0.15, -0.1) is 0 Å². The predicted octanol–water partition coefficient (Wildman–Crippen LogP) is 5.19. The zero-order valence-electron chi connectivity index (χ0n) is 13.3. The van der Waals surface area contributed by atoms with Crippen LogP contribution in [0.3, 0.4) is 0 Å². The lowest BCUT2D eigenvalue weighted by molar-refractivity contribution is 1.14. The predicted molar refractivity (Wildman–Crippen MR) is 101 cm³/mol. The molecule has 2 aromatic carbocycles. The number of nitrogens with zero attached hydrogens (tertiary/aromatic N) is 2. The number of hydrogen-bond acceptors (Lipinski definition) is 3. The third kappa shape index (κ3) is 3.17. The van der Waals surface area contributed by atoms with Gasteiger partial charge in [-0.05, 0) is 35.7 Å². The van der Waals surface area contributed by atoms with Crippen molar-refractivity contribution in [1.29, 1.82) is 5.26 Å². The SMILES string of the molecule is CCc1ccc(-c2cc(-c3cccc(Br)c3)c(C#N)c(N)n2)cc1. The van der Waals surface area contributed by atoms with Crippen LogP contribution in [-0.4, -0.2) is 4.98 Å². The number of aromatic nitrogens is 1. The van der Waals surface area contributed by atoms with E-state index < -0.39 is 0 Å². The first kappa shape index (κ1) is 16.2. The molecule has 0 atom stereocenters. The molecule has 118 valence electrons. The number of rotatable bonds is 3. The van der Waals surface area contributed by atoms with Crippen LogP contribution in [-0.2, 0) is 6.42 Å². The van der Waals surface area contributed by atoms with Crippen molar-refractivity contribution in [2.75, 3.05) is 5.73 Å². The van der Waals surface area contributed by atoms with Crippen LogP contribution in [0.2, 0.25) is 0 Å². The molecule has 0 spiro atoms. The maximum absolute atomic E-state index is 9.48. The second-order valence-electron chi connectivity index (χ2n) is 5.49. The number of nitriles is 1. The molecule has 1 heterocycles. The second kappa shape index (κ2) is 6.86. The minimum Gasteiger partial charge on any atom is -0.383 e. The number of benzene rings is 2. The highest BCUT2D eigenvalue weighted by molar-refractivity contribution is 9.10. The normalized spacial score (nSPS) is 10.4. The average molecular weight is 378 g/mol. The summed E-state index contributed by atoms with van der Waals surface area (Å²) in [5, 5.41) is 9.48. The lowest BCUT2D eigenvalue weighted by Crippen LogP contribution is -1.99. The lowest BCUT2D eigenvalue weighted by Gasteiger charge is -2.11. The van der Waals surface area contributed by atoms with Gasteiger partial charge in [0.1, 0.15) is 17.5 Å². The van der Waals surface area contributed by atoms with Crippen LogP contribution in [0.25, 0.3) is 22.4 Å². The summed E-state index contributed by atoms with van der Waals surface area (Å²) in [7, 11) is 0. The monoisotopic (exact) mass is 377 g/mol. The van der Waals surface area contributed by atoms with Crippen LogP contribution in [0, 0.1) is 11.3 Å². The Morgan fingerprint density at radius 3 is 2.46 bits per heavy atom. The largest absolute Gasteiger partial charge is 0.383 e. The molecule has 0 aliphatic rings. The van der Waals surface area contributed by atoms with Crippen LogP contribution in [0.1, 0.15) is 18.1 Å². The summed E-state index contributed by atoms with van der Waals surface area (Å²) in [5.74, 6) is 0.254. The van der Waals surface area contributed by atoms with Crippen LogP contribution in [0.5, 0.6) is 0 Å². The Kier molecular flexibility index (Phi) is 4.64. The topological polar surface area (TPSA) is 62.7 Å². The van der Waals surface area contributed by atoms with E-state index in [2.05, 4.69) is 46.0 Å². The van der Waals surface area contributed by atoms with Crippen molar-refractivity contribution in [1.82, 2.24) is 4.98 Å². The van der Waals surface area contributed by atoms with Crippen molar-refractivity contribution in [2.24, 2.45) is 0 Å². The van der Waals surface area contributed by atoms with Gasteiger partial charge >= 0.3 is 0 Å². The number of nitrogen functional groups attached to an aromatic ring is 1. The molecule has 0 aliphatic carbocycles. The molecule has 3 nitrogen and oxygen atoms in total. The van der Waals surface area contributed by atoms with Crippen molar-refractivity contribution in [2.45, 2.75) is 13.3 Å². The van der Waals surface area contributed by atoms with E-state index in [1.165, 1.54) is 5.56 Å². The van der Waals surface area contributed by atoms with Gasteiger partial charge < -0.3 is 5.73 Å². The fraction of sp³-hybridized carbons (Fsp3) is 0.100. The van der Waals surface area contributed by atoms with E-state index in [9.17, 15) is 5.26 Å². The number of aryl methyl sites for hydroxylation is 1. The molecule has 0 amide bonds. The zero-order valence-corrected chi connectivity index (χ0v) is 14.8. The molecule has 0 bridgehead atoms. The molecule has 3 rings (SSSR count). The molecule has 3 aromatic rings. The number of nitrogens with two attached hydrogens (primary N) is 1. The minimum absolute atomic E-state index is 0.254. The maximum Gasteiger partial charge on any atom is 0.142 e. The van der Waals surface area contributed by atoms with Crippen LogP contribution in [0.4, 0.5) is 5.82 Å². The second-order valence-corrected chi connectivity index (χ2v) is 6.40. The van der Waals surface area contributed by atoms with Gasteiger partial charge in [0.2, 0.25) is 0 Å². The number of hydrogen-bond donors (Lipinski definition) is 1. The van der Waals surface area contributed by atoms with Crippen molar-refractivity contribution in [3.05, 3.63) is 70.2 Å². The third-order valence-corrected chi connectivity index (χ3v) is 4.45. The van der Waals surface area contributed by atoms with Crippen molar-refractivity contribution >= 4 is 21.7 Å². The van der Waals surface area contributed by atoms with Gasteiger partial charge in [-0.2, -0.15) is 5.26 Å². The molecule has 4 heteroatoms. The Balaban J connectivity index is 2.18. The fourth-order valence-corrected chi connectivity index (χ4v) is 3.02.